The fraction of sp³-hybridized carbons (Fsp3) is 0.200. The van der Waals surface area contributed by atoms with E-state index in [9.17, 15) is 14.7 Å². The van der Waals surface area contributed by atoms with E-state index in [0.29, 0.717) is 5.02 Å². The molecule has 0 saturated heterocycles. The molecule has 0 heterocycles. The van der Waals surface area contributed by atoms with Crippen LogP contribution in [0.25, 0.3) is 0 Å². The number of hydrogen-bond donors (Lipinski definition) is 3. The minimum absolute atomic E-state index is 0.0393. The van der Waals surface area contributed by atoms with Gasteiger partial charge in [0, 0.05) is 5.02 Å². The van der Waals surface area contributed by atoms with Gasteiger partial charge >= 0.3 is 6.09 Å². The summed E-state index contributed by atoms with van der Waals surface area (Å²) in [4.78, 5) is 21.8. The fourth-order valence-corrected chi connectivity index (χ4v) is 1.27. The SMILES string of the molecule is NC(=O)OCCNC(=O)c1cc(Cl)ccc1O. The van der Waals surface area contributed by atoms with Gasteiger partial charge in [0.25, 0.3) is 5.91 Å². The van der Waals surface area contributed by atoms with Crippen LogP contribution >= 0.6 is 11.6 Å². The molecule has 0 bridgehead atoms. The summed E-state index contributed by atoms with van der Waals surface area (Å²) in [6, 6.07) is 4.11. The number of amides is 2. The van der Waals surface area contributed by atoms with Crippen molar-refractivity contribution < 1.29 is 19.4 Å². The number of carbonyl (C=O) groups is 2. The molecule has 1 aromatic carbocycles. The van der Waals surface area contributed by atoms with Crippen LogP contribution in [-0.4, -0.2) is 30.3 Å². The summed E-state index contributed by atoms with van der Waals surface area (Å²) in [6.45, 7) is 0.0517. The normalized spacial score (nSPS) is 9.71. The summed E-state index contributed by atoms with van der Waals surface area (Å²) in [7, 11) is 0. The molecule has 0 spiro atoms. The van der Waals surface area contributed by atoms with Crippen molar-refractivity contribution in [2.45, 2.75) is 0 Å². The number of primary amides is 1. The van der Waals surface area contributed by atoms with E-state index >= 15 is 0 Å². The number of ether oxygens (including phenoxy) is 1. The van der Waals surface area contributed by atoms with Gasteiger partial charge < -0.3 is 20.9 Å². The Hall–Kier alpha value is -1.95. The van der Waals surface area contributed by atoms with Crippen LogP contribution in [0.1, 0.15) is 10.4 Å². The van der Waals surface area contributed by atoms with Crippen molar-refractivity contribution in [2.75, 3.05) is 13.2 Å². The van der Waals surface area contributed by atoms with Crippen LogP contribution in [0, 0.1) is 0 Å². The Labute approximate surface area is 102 Å². The highest BCUT2D eigenvalue weighted by Gasteiger charge is 2.11. The first-order chi connectivity index (χ1) is 8.00. The van der Waals surface area contributed by atoms with Gasteiger partial charge in [0.1, 0.15) is 12.4 Å². The Morgan fingerprint density at radius 1 is 1.47 bits per heavy atom. The second kappa shape index (κ2) is 5.95. The maximum absolute atomic E-state index is 11.6. The Bertz CT molecular complexity index is 436. The summed E-state index contributed by atoms with van der Waals surface area (Å²) in [5, 5.41) is 12.2. The highest BCUT2D eigenvalue weighted by Crippen LogP contribution is 2.20. The first-order valence-corrected chi connectivity index (χ1v) is 5.07. The first kappa shape index (κ1) is 13.1. The quantitative estimate of drug-likeness (QED) is 0.698. The van der Waals surface area contributed by atoms with Gasteiger partial charge in [-0.25, -0.2) is 4.79 Å². The van der Waals surface area contributed by atoms with Crippen LogP contribution in [0.15, 0.2) is 18.2 Å². The fourth-order valence-electron chi connectivity index (χ4n) is 1.10. The first-order valence-electron chi connectivity index (χ1n) is 4.69. The highest BCUT2D eigenvalue weighted by molar-refractivity contribution is 6.31. The van der Waals surface area contributed by atoms with Crippen molar-refractivity contribution in [2.24, 2.45) is 5.73 Å². The zero-order valence-corrected chi connectivity index (χ0v) is 9.53. The molecule has 0 aliphatic carbocycles. The molecule has 0 aliphatic rings. The van der Waals surface area contributed by atoms with Gasteiger partial charge in [0.2, 0.25) is 0 Å². The molecular weight excluding hydrogens is 248 g/mol. The minimum Gasteiger partial charge on any atom is -0.507 e. The third kappa shape index (κ3) is 4.20. The van der Waals surface area contributed by atoms with Crippen molar-refractivity contribution >= 4 is 23.6 Å². The molecule has 0 aromatic heterocycles. The monoisotopic (exact) mass is 258 g/mol. The average molecular weight is 259 g/mol. The van der Waals surface area contributed by atoms with Crippen LogP contribution in [0.5, 0.6) is 5.75 Å². The number of carbonyl (C=O) groups excluding carboxylic acids is 2. The molecule has 0 saturated carbocycles. The molecule has 0 fully saturated rings. The lowest BCUT2D eigenvalue weighted by atomic mass is 10.2. The molecule has 1 rings (SSSR count). The van der Waals surface area contributed by atoms with Crippen LogP contribution in [-0.2, 0) is 4.74 Å². The van der Waals surface area contributed by atoms with Gasteiger partial charge in [-0.2, -0.15) is 0 Å². The van der Waals surface area contributed by atoms with Crippen molar-refractivity contribution in [1.29, 1.82) is 0 Å². The standard InChI is InChI=1S/C10H11ClN2O4/c11-6-1-2-8(14)7(5-6)9(15)13-3-4-17-10(12)16/h1-2,5,14H,3-4H2,(H2,12,16)(H,13,15). The summed E-state index contributed by atoms with van der Waals surface area (Å²) < 4.78 is 4.42. The molecule has 0 aliphatic heterocycles. The lowest BCUT2D eigenvalue weighted by Crippen LogP contribution is -2.29. The molecule has 0 atom stereocenters. The number of phenols is 1. The maximum atomic E-state index is 11.6. The van der Waals surface area contributed by atoms with Crippen molar-refractivity contribution in [1.82, 2.24) is 5.32 Å². The molecule has 17 heavy (non-hydrogen) atoms. The van der Waals surface area contributed by atoms with Crippen molar-refractivity contribution in [3.05, 3.63) is 28.8 Å². The molecule has 2 amide bonds. The summed E-state index contributed by atoms with van der Waals surface area (Å²) in [6.07, 6.45) is -0.912. The van der Waals surface area contributed by atoms with Crippen molar-refractivity contribution in [3.8, 4) is 5.75 Å². The van der Waals surface area contributed by atoms with E-state index in [2.05, 4.69) is 10.1 Å². The van der Waals surface area contributed by atoms with Gasteiger partial charge in [-0.3, -0.25) is 4.79 Å². The Balaban J connectivity index is 2.52. The minimum atomic E-state index is -0.912. The third-order valence-electron chi connectivity index (χ3n) is 1.84. The number of halogens is 1. The van der Waals surface area contributed by atoms with Crippen LogP contribution in [0.3, 0.4) is 0 Å². The van der Waals surface area contributed by atoms with Crippen LogP contribution < -0.4 is 11.1 Å². The van der Waals surface area contributed by atoms with Gasteiger partial charge in [0.05, 0.1) is 12.1 Å². The number of nitrogens with one attached hydrogen (secondary N) is 1. The van der Waals surface area contributed by atoms with E-state index in [1.165, 1.54) is 18.2 Å². The molecule has 4 N–H and O–H groups in total. The Kier molecular flexibility index (Phi) is 4.59. The average Bonchev–Trinajstić information content (AvgIpc) is 2.27. The largest absolute Gasteiger partial charge is 0.507 e. The highest BCUT2D eigenvalue weighted by atomic mass is 35.5. The van der Waals surface area contributed by atoms with Crippen LogP contribution in [0.2, 0.25) is 5.02 Å². The molecule has 0 radical (unpaired) electrons. The Morgan fingerprint density at radius 3 is 2.82 bits per heavy atom. The summed E-state index contributed by atoms with van der Waals surface area (Å²) in [5.41, 5.74) is 4.79. The predicted octanol–water partition coefficient (Wildman–Crippen LogP) is 0.871. The summed E-state index contributed by atoms with van der Waals surface area (Å²) in [5.74, 6) is -0.694. The van der Waals surface area contributed by atoms with E-state index in [-0.39, 0.29) is 24.5 Å². The summed E-state index contributed by atoms with van der Waals surface area (Å²) >= 11 is 5.69. The number of nitrogens with two attached hydrogens (primary N) is 1. The maximum Gasteiger partial charge on any atom is 0.404 e. The molecule has 0 unspecified atom stereocenters. The lowest BCUT2D eigenvalue weighted by molar-refractivity contribution is 0.0934. The topological polar surface area (TPSA) is 102 Å². The van der Waals surface area contributed by atoms with E-state index in [4.69, 9.17) is 17.3 Å². The van der Waals surface area contributed by atoms with E-state index in [1.54, 1.807) is 0 Å². The smallest absolute Gasteiger partial charge is 0.404 e. The van der Waals surface area contributed by atoms with Crippen molar-refractivity contribution in [3.63, 3.8) is 0 Å². The van der Waals surface area contributed by atoms with Gasteiger partial charge in [-0.15, -0.1) is 0 Å². The zero-order chi connectivity index (χ0) is 12.8. The van der Waals surface area contributed by atoms with E-state index in [1.807, 2.05) is 0 Å². The van der Waals surface area contributed by atoms with Gasteiger partial charge in [-0.05, 0) is 18.2 Å². The Morgan fingerprint density at radius 2 is 2.18 bits per heavy atom. The van der Waals surface area contributed by atoms with Crippen LogP contribution in [0.4, 0.5) is 4.79 Å². The number of aromatic hydroxyl groups is 1. The second-order valence-electron chi connectivity index (χ2n) is 3.08. The van der Waals surface area contributed by atoms with Gasteiger partial charge in [-0.1, -0.05) is 11.6 Å². The second-order valence-corrected chi connectivity index (χ2v) is 3.52. The van der Waals surface area contributed by atoms with E-state index < -0.39 is 12.0 Å². The van der Waals surface area contributed by atoms with E-state index in [0.717, 1.165) is 0 Å². The zero-order valence-electron chi connectivity index (χ0n) is 8.77. The molecule has 6 nitrogen and oxygen atoms in total. The molecule has 7 heteroatoms. The molecule has 92 valence electrons. The number of hydrogen-bond acceptors (Lipinski definition) is 4. The van der Waals surface area contributed by atoms with Gasteiger partial charge in [0.15, 0.2) is 0 Å². The molecule has 1 aromatic rings. The number of phenolic OH excluding ortho intramolecular Hbond substituents is 1. The number of rotatable bonds is 4. The molecular formula is C10H11ClN2O4. The lowest BCUT2D eigenvalue weighted by Gasteiger charge is -2.07. The third-order valence-corrected chi connectivity index (χ3v) is 2.07. The number of benzene rings is 1. The predicted molar refractivity (Wildman–Crippen MR) is 61.0 cm³/mol.